The van der Waals surface area contributed by atoms with Gasteiger partial charge in [0, 0.05) is 28.6 Å². The lowest BCUT2D eigenvalue weighted by atomic mass is 9.65. The highest BCUT2D eigenvalue weighted by molar-refractivity contribution is 6.36. The van der Waals surface area contributed by atoms with E-state index in [1.165, 1.54) is 19.3 Å². The predicted molar refractivity (Wildman–Crippen MR) is 129 cm³/mol. The van der Waals surface area contributed by atoms with Crippen LogP contribution in [0.15, 0.2) is 42.5 Å². The zero-order valence-electron chi connectivity index (χ0n) is 17.5. The highest BCUT2D eigenvalue weighted by Crippen LogP contribution is 2.53. The Kier molecular flexibility index (Phi) is 5.45. The maximum atomic E-state index is 6.50. The molecule has 2 atom stereocenters. The van der Waals surface area contributed by atoms with Gasteiger partial charge in [-0.15, -0.1) is 12.4 Å². The van der Waals surface area contributed by atoms with E-state index in [9.17, 15) is 0 Å². The minimum atomic E-state index is 0. The number of hydrogen-bond donors (Lipinski definition) is 0. The van der Waals surface area contributed by atoms with E-state index in [2.05, 4.69) is 43.9 Å². The standard InChI is InChI=1S/C24H25Cl2N3.ClH/c1-23(2)11-16-12-24(3,13-23)14-29(16)22-18-6-4-5-7-20(18)27-21(28-22)17-9-8-15(25)10-19(17)26;/h4-10,16H,11-14H2,1-3H3;1H. The van der Waals surface area contributed by atoms with E-state index in [0.29, 0.717) is 32.7 Å². The van der Waals surface area contributed by atoms with Crippen molar-refractivity contribution in [2.75, 3.05) is 11.4 Å². The first-order chi connectivity index (χ1) is 13.7. The smallest absolute Gasteiger partial charge is 0.163 e. The molecule has 0 amide bonds. The van der Waals surface area contributed by atoms with Crippen LogP contribution in [-0.4, -0.2) is 22.6 Å². The second-order valence-corrected chi connectivity index (χ2v) is 10.7. The van der Waals surface area contributed by atoms with E-state index in [0.717, 1.165) is 28.8 Å². The van der Waals surface area contributed by atoms with Crippen molar-refractivity contribution in [2.24, 2.45) is 10.8 Å². The molecular weight excluding hydrogens is 437 g/mol. The largest absolute Gasteiger partial charge is 0.352 e. The minimum Gasteiger partial charge on any atom is -0.352 e. The van der Waals surface area contributed by atoms with E-state index >= 15 is 0 Å². The van der Waals surface area contributed by atoms with Gasteiger partial charge in [-0.3, -0.25) is 0 Å². The lowest BCUT2D eigenvalue weighted by molar-refractivity contribution is 0.136. The fourth-order valence-electron chi connectivity index (χ4n) is 5.78. The first-order valence-corrected chi connectivity index (χ1v) is 11.0. The summed E-state index contributed by atoms with van der Waals surface area (Å²) in [6.07, 6.45) is 3.68. The van der Waals surface area contributed by atoms with Gasteiger partial charge in [-0.2, -0.15) is 0 Å². The van der Waals surface area contributed by atoms with Gasteiger partial charge in [0.1, 0.15) is 5.82 Å². The summed E-state index contributed by atoms with van der Waals surface area (Å²) in [4.78, 5) is 12.4. The van der Waals surface area contributed by atoms with Crippen molar-refractivity contribution in [2.45, 2.75) is 46.1 Å². The second-order valence-electron chi connectivity index (χ2n) is 9.85. The van der Waals surface area contributed by atoms with Crippen LogP contribution >= 0.6 is 35.6 Å². The molecule has 1 saturated carbocycles. The molecule has 2 bridgehead atoms. The molecule has 158 valence electrons. The fourth-order valence-corrected chi connectivity index (χ4v) is 6.27. The lowest BCUT2D eigenvalue weighted by Crippen LogP contribution is -2.35. The molecule has 1 aromatic heterocycles. The van der Waals surface area contributed by atoms with Crippen molar-refractivity contribution < 1.29 is 0 Å². The summed E-state index contributed by atoms with van der Waals surface area (Å²) >= 11 is 12.6. The number of benzene rings is 2. The zero-order chi connectivity index (χ0) is 20.4. The Morgan fingerprint density at radius 1 is 1.00 bits per heavy atom. The quantitative estimate of drug-likeness (QED) is 0.396. The number of anilines is 1. The van der Waals surface area contributed by atoms with Crippen molar-refractivity contribution in [1.82, 2.24) is 9.97 Å². The Bertz CT molecular complexity index is 1110. The monoisotopic (exact) mass is 461 g/mol. The second kappa shape index (κ2) is 7.55. The number of aromatic nitrogens is 2. The molecule has 0 spiro atoms. The van der Waals surface area contributed by atoms with E-state index in [1.807, 2.05) is 18.2 Å². The zero-order valence-corrected chi connectivity index (χ0v) is 19.8. The summed E-state index contributed by atoms with van der Waals surface area (Å²) in [5, 5.41) is 2.30. The minimum absolute atomic E-state index is 0. The van der Waals surface area contributed by atoms with Crippen LogP contribution in [0, 0.1) is 10.8 Å². The highest BCUT2D eigenvalue weighted by Gasteiger charge is 2.50. The van der Waals surface area contributed by atoms with Crippen LogP contribution < -0.4 is 4.90 Å². The maximum absolute atomic E-state index is 6.50. The predicted octanol–water partition coefficient (Wildman–Crippen LogP) is 7.43. The van der Waals surface area contributed by atoms with Crippen molar-refractivity contribution in [3.8, 4) is 11.4 Å². The first kappa shape index (κ1) is 21.7. The van der Waals surface area contributed by atoms with Gasteiger partial charge in [-0.1, -0.05) is 56.1 Å². The molecule has 30 heavy (non-hydrogen) atoms. The van der Waals surface area contributed by atoms with Gasteiger partial charge in [0.15, 0.2) is 5.82 Å². The maximum Gasteiger partial charge on any atom is 0.163 e. The average molecular weight is 463 g/mol. The SMILES string of the molecule is CC1(C)CC2CC(C)(CN2c2nc(-c3ccc(Cl)cc3Cl)nc3ccccc23)C1.Cl. The van der Waals surface area contributed by atoms with Crippen molar-refractivity contribution in [3.63, 3.8) is 0 Å². The summed E-state index contributed by atoms with van der Waals surface area (Å²) in [5.41, 5.74) is 2.45. The highest BCUT2D eigenvalue weighted by atomic mass is 35.5. The van der Waals surface area contributed by atoms with Gasteiger partial charge in [-0.25, -0.2) is 9.97 Å². The van der Waals surface area contributed by atoms with Crippen molar-refractivity contribution in [3.05, 3.63) is 52.5 Å². The van der Waals surface area contributed by atoms with Crippen LogP contribution in [0.5, 0.6) is 0 Å². The molecule has 2 unspecified atom stereocenters. The average Bonchev–Trinajstić information content (AvgIpc) is 2.89. The Hall–Kier alpha value is -1.55. The molecule has 2 heterocycles. The van der Waals surface area contributed by atoms with Gasteiger partial charge < -0.3 is 4.90 Å². The van der Waals surface area contributed by atoms with Gasteiger partial charge in [-0.05, 0) is 60.4 Å². The molecule has 1 saturated heterocycles. The summed E-state index contributed by atoms with van der Waals surface area (Å²) in [7, 11) is 0. The molecule has 2 fully saturated rings. The molecule has 0 N–H and O–H groups in total. The molecule has 2 aliphatic rings. The van der Waals surface area contributed by atoms with Crippen LogP contribution in [0.4, 0.5) is 5.82 Å². The van der Waals surface area contributed by atoms with Gasteiger partial charge in [0.2, 0.25) is 0 Å². The van der Waals surface area contributed by atoms with Gasteiger partial charge in [0.05, 0.1) is 10.5 Å². The Labute approximate surface area is 194 Å². The third-order valence-electron chi connectivity index (χ3n) is 6.44. The molecule has 6 heteroatoms. The Morgan fingerprint density at radius 3 is 2.53 bits per heavy atom. The molecule has 5 rings (SSSR count). The normalized spacial score (nSPS) is 24.7. The summed E-state index contributed by atoms with van der Waals surface area (Å²) < 4.78 is 0. The van der Waals surface area contributed by atoms with Crippen LogP contribution in [0.25, 0.3) is 22.3 Å². The molecule has 0 radical (unpaired) electrons. The number of halogens is 3. The molecule has 3 aromatic rings. The molecule has 1 aliphatic heterocycles. The van der Waals surface area contributed by atoms with Crippen molar-refractivity contribution in [1.29, 1.82) is 0 Å². The number of nitrogens with zero attached hydrogens (tertiary/aromatic N) is 3. The lowest BCUT2D eigenvalue weighted by Gasteiger charge is -2.39. The number of rotatable bonds is 2. The first-order valence-electron chi connectivity index (χ1n) is 10.2. The summed E-state index contributed by atoms with van der Waals surface area (Å²) in [6, 6.07) is 14.3. The van der Waals surface area contributed by atoms with E-state index in [-0.39, 0.29) is 12.4 Å². The van der Waals surface area contributed by atoms with E-state index in [1.54, 1.807) is 6.07 Å². The van der Waals surface area contributed by atoms with Crippen molar-refractivity contribution >= 4 is 52.3 Å². The van der Waals surface area contributed by atoms with Crippen LogP contribution in [0.2, 0.25) is 10.0 Å². The molecular formula is C24H26Cl3N3. The van der Waals surface area contributed by atoms with Crippen LogP contribution in [-0.2, 0) is 0 Å². The van der Waals surface area contributed by atoms with Crippen LogP contribution in [0.1, 0.15) is 40.0 Å². The molecule has 2 aromatic carbocycles. The summed E-state index contributed by atoms with van der Waals surface area (Å²) in [5.74, 6) is 1.69. The van der Waals surface area contributed by atoms with Gasteiger partial charge in [0.25, 0.3) is 0 Å². The topological polar surface area (TPSA) is 29.0 Å². The van der Waals surface area contributed by atoms with Gasteiger partial charge >= 0.3 is 0 Å². The number of hydrogen-bond acceptors (Lipinski definition) is 3. The van der Waals surface area contributed by atoms with E-state index in [4.69, 9.17) is 33.2 Å². The van der Waals surface area contributed by atoms with Crippen LogP contribution in [0.3, 0.4) is 0 Å². The fraction of sp³-hybridized carbons (Fsp3) is 0.417. The third-order valence-corrected chi connectivity index (χ3v) is 6.99. The summed E-state index contributed by atoms with van der Waals surface area (Å²) in [6.45, 7) is 8.27. The molecule has 3 nitrogen and oxygen atoms in total. The van der Waals surface area contributed by atoms with E-state index < -0.39 is 0 Å². The number of fused-ring (bicyclic) bond motifs is 3. The Morgan fingerprint density at radius 2 is 1.77 bits per heavy atom. The Balaban J connectivity index is 0.00000218. The molecule has 1 aliphatic carbocycles. The number of para-hydroxylation sites is 1. The third kappa shape index (κ3) is 3.77.